The van der Waals surface area contributed by atoms with Gasteiger partial charge in [-0.2, -0.15) is 0 Å². The number of ether oxygens (including phenoxy) is 2. The van der Waals surface area contributed by atoms with Crippen molar-refractivity contribution in [1.82, 2.24) is 0 Å². The molecule has 0 aliphatic carbocycles. The first-order chi connectivity index (χ1) is 13.2. The Balaban J connectivity index is 2.23. The molecule has 0 heterocycles. The topological polar surface area (TPSA) is 61.5 Å². The van der Waals surface area contributed by atoms with Crippen LogP contribution in [0.2, 0.25) is 0 Å². The largest absolute Gasteiger partial charge is 0.493 e. The molecule has 0 fully saturated rings. The predicted molar refractivity (Wildman–Crippen MR) is 111 cm³/mol. The third-order valence-electron chi connectivity index (χ3n) is 4.13. The lowest BCUT2D eigenvalue weighted by Crippen LogP contribution is -2.02. The van der Waals surface area contributed by atoms with Crippen LogP contribution in [0.25, 0.3) is 6.08 Å². The highest BCUT2D eigenvalue weighted by Crippen LogP contribution is 2.30. The monoisotopic (exact) mass is 367 g/mol. The molecule has 0 bridgehead atoms. The van der Waals surface area contributed by atoms with E-state index in [1.165, 1.54) is 0 Å². The fraction of sp³-hybridized carbons (Fsp3) is 0.348. The lowest BCUT2D eigenvalue weighted by molar-refractivity contribution is 0.104. The molecule has 0 atom stereocenters. The zero-order valence-electron chi connectivity index (χ0n) is 16.2. The maximum atomic E-state index is 12.5. The van der Waals surface area contributed by atoms with Crippen LogP contribution in [-0.4, -0.2) is 19.0 Å². The van der Waals surface area contributed by atoms with Crippen molar-refractivity contribution in [3.8, 4) is 11.5 Å². The average Bonchev–Trinajstić information content (AvgIpc) is 2.68. The van der Waals surface area contributed by atoms with Crippen molar-refractivity contribution >= 4 is 17.5 Å². The summed E-state index contributed by atoms with van der Waals surface area (Å²) in [7, 11) is 0. The number of carbonyl (C=O) groups excluding carboxylic acids is 1. The van der Waals surface area contributed by atoms with Crippen LogP contribution in [0.1, 0.15) is 55.5 Å². The van der Waals surface area contributed by atoms with Crippen LogP contribution in [0.15, 0.2) is 48.5 Å². The van der Waals surface area contributed by atoms with Crippen LogP contribution in [-0.2, 0) is 0 Å². The van der Waals surface area contributed by atoms with Gasteiger partial charge in [0.1, 0.15) is 11.5 Å². The van der Waals surface area contributed by atoms with E-state index < -0.39 is 0 Å². The number of ketones is 1. The van der Waals surface area contributed by atoms with E-state index in [-0.39, 0.29) is 5.78 Å². The minimum atomic E-state index is -0.0853. The van der Waals surface area contributed by atoms with Crippen LogP contribution >= 0.6 is 0 Å². The van der Waals surface area contributed by atoms with Crippen molar-refractivity contribution in [1.29, 1.82) is 0 Å². The number of rotatable bonds is 11. The molecule has 27 heavy (non-hydrogen) atoms. The second kappa shape index (κ2) is 11.1. The predicted octanol–water partition coefficient (Wildman–Crippen LogP) is 5.52. The van der Waals surface area contributed by atoms with Crippen molar-refractivity contribution in [2.45, 2.75) is 39.5 Å². The van der Waals surface area contributed by atoms with Gasteiger partial charge >= 0.3 is 0 Å². The Morgan fingerprint density at radius 3 is 2.00 bits per heavy atom. The van der Waals surface area contributed by atoms with Crippen molar-refractivity contribution < 1.29 is 14.3 Å². The van der Waals surface area contributed by atoms with Gasteiger partial charge in [-0.25, -0.2) is 0 Å². The van der Waals surface area contributed by atoms with Gasteiger partial charge in [-0.3, -0.25) is 4.79 Å². The SMILES string of the molecule is CCCCOc1cccc(OCCCC)c1C=CC(=O)c1ccc(N)cc1. The highest BCUT2D eigenvalue weighted by atomic mass is 16.5. The molecule has 4 heteroatoms. The molecule has 0 aliphatic heterocycles. The Bertz CT molecular complexity index is 722. The van der Waals surface area contributed by atoms with E-state index in [9.17, 15) is 4.79 Å². The first kappa shape index (κ1) is 20.6. The third kappa shape index (κ3) is 6.48. The summed E-state index contributed by atoms with van der Waals surface area (Å²) in [5.41, 5.74) is 7.72. The fourth-order valence-corrected chi connectivity index (χ4v) is 2.50. The molecular weight excluding hydrogens is 338 g/mol. The number of unbranched alkanes of at least 4 members (excludes halogenated alkanes) is 2. The molecule has 0 saturated heterocycles. The van der Waals surface area contributed by atoms with Gasteiger partial charge in [0, 0.05) is 11.3 Å². The summed E-state index contributed by atoms with van der Waals surface area (Å²) in [5, 5.41) is 0. The number of carbonyl (C=O) groups is 1. The minimum Gasteiger partial charge on any atom is -0.493 e. The van der Waals surface area contributed by atoms with Crippen molar-refractivity contribution in [3.63, 3.8) is 0 Å². The van der Waals surface area contributed by atoms with E-state index in [0.717, 1.165) is 42.7 Å². The Morgan fingerprint density at radius 2 is 1.48 bits per heavy atom. The van der Waals surface area contributed by atoms with E-state index in [0.29, 0.717) is 24.5 Å². The van der Waals surface area contributed by atoms with Gasteiger partial charge in [0.15, 0.2) is 5.78 Å². The number of benzene rings is 2. The van der Waals surface area contributed by atoms with Gasteiger partial charge in [0.05, 0.1) is 18.8 Å². The molecule has 2 rings (SSSR count). The van der Waals surface area contributed by atoms with E-state index in [4.69, 9.17) is 15.2 Å². The van der Waals surface area contributed by atoms with E-state index in [1.807, 2.05) is 18.2 Å². The molecular formula is C23H29NO3. The van der Waals surface area contributed by atoms with Gasteiger partial charge < -0.3 is 15.2 Å². The molecule has 2 aromatic carbocycles. The van der Waals surface area contributed by atoms with Crippen LogP contribution in [0.3, 0.4) is 0 Å². The molecule has 0 aliphatic rings. The summed E-state index contributed by atoms with van der Waals surface area (Å²) in [4.78, 5) is 12.5. The summed E-state index contributed by atoms with van der Waals surface area (Å²) in [5.74, 6) is 1.38. The van der Waals surface area contributed by atoms with Crippen molar-refractivity contribution in [2.24, 2.45) is 0 Å². The van der Waals surface area contributed by atoms with E-state index in [2.05, 4.69) is 13.8 Å². The van der Waals surface area contributed by atoms with Gasteiger partial charge in [-0.1, -0.05) is 32.8 Å². The molecule has 0 aromatic heterocycles. The second-order valence-corrected chi connectivity index (χ2v) is 6.39. The van der Waals surface area contributed by atoms with Crippen molar-refractivity contribution in [3.05, 3.63) is 59.7 Å². The average molecular weight is 367 g/mol. The molecule has 0 radical (unpaired) electrons. The number of allylic oxidation sites excluding steroid dienone is 1. The standard InChI is InChI=1S/C23H29NO3/c1-3-5-16-26-22-8-7-9-23(27-17-6-4-2)20(22)14-15-21(25)18-10-12-19(24)13-11-18/h7-15H,3-6,16-17,24H2,1-2H3. The van der Waals surface area contributed by atoms with Crippen molar-refractivity contribution in [2.75, 3.05) is 18.9 Å². The van der Waals surface area contributed by atoms with E-state index >= 15 is 0 Å². The number of hydrogen-bond donors (Lipinski definition) is 1. The number of nitrogens with two attached hydrogens (primary N) is 1. The first-order valence-corrected chi connectivity index (χ1v) is 9.62. The minimum absolute atomic E-state index is 0.0853. The number of nitrogen functional groups attached to an aromatic ring is 1. The highest BCUT2D eigenvalue weighted by Gasteiger charge is 2.10. The Morgan fingerprint density at radius 1 is 0.926 bits per heavy atom. The zero-order valence-corrected chi connectivity index (χ0v) is 16.2. The molecule has 144 valence electrons. The summed E-state index contributed by atoms with van der Waals surface area (Å²) >= 11 is 0. The molecule has 4 nitrogen and oxygen atoms in total. The van der Waals surface area contributed by atoms with Gasteiger partial charge in [0.25, 0.3) is 0 Å². The second-order valence-electron chi connectivity index (χ2n) is 6.39. The highest BCUT2D eigenvalue weighted by molar-refractivity contribution is 6.07. The quantitative estimate of drug-likeness (QED) is 0.246. The van der Waals surface area contributed by atoms with Crippen LogP contribution in [0.5, 0.6) is 11.5 Å². The van der Waals surface area contributed by atoms with Crippen LogP contribution in [0.4, 0.5) is 5.69 Å². The van der Waals surface area contributed by atoms with Crippen LogP contribution in [0, 0.1) is 0 Å². The van der Waals surface area contributed by atoms with Crippen LogP contribution < -0.4 is 15.2 Å². The molecule has 0 saturated carbocycles. The third-order valence-corrected chi connectivity index (χ3v) is 4.13. The van der Waals surface area contributed by atoms with E-state index in [1.54, 1.807) is 36.4 Å². The summed E-state index contributed by atoms with van der Waals surface area (Å²) < 4.78 is 11.8. The molecule has 0 spiro atoms. The zero-order chi connectivity index (χ0) is 19.5. The maximum absolute atomic E-state index is 12.5. The normalized spacial score (nSPS) is 10.9. The number of hydrogen-bond acceptors (Lipinski definition) is 4. The molecule has 2 N–H and O–H groups in total. The Kier molecular flexibility index (Phi) is 8.43. The van der Waals surface area contributed by atoms with Gasteiger partial charge in [-0.05, 0) is 61.4 Å². The number of anilines is 1. The molecule has 2 aromatic rings. The maximum Gasteiger partial charge on any atom is 0.185 e. The fourth-order valence-electron chi connectivity index (χ4n) is 2.50. The smallest absolute Gasteiger partial charge is 0.185 e. The summed E-state index contributed by atoms with van der Waals surface area (Å²) in [6.07, 6.45) is 7.42. The summed E-state index contributed by atoms with van der Waals surface area (Å²) in [6.45, 7) is 5.53. The lowest BCUT2D eigenvalue weighted by atomic mass is 10.1. The van der Waals surface area contributed by atoms with Gasteiger partial charge in [-0.15, -0.1) is 0 Å². The molecule has 0 unspecified atom stereocenters. The Labute approximate surface area is 162 Å². The summed E-state index contributed by atoms with van der Waals surface area (Å²) in [6, 6.07) is 12.6. The Hall–Kier alpha value is -2.75. The lowest BCUT2D eigenvalue weighted by Gasteiger charge is -2.14. The first-order valence-electron chi connectivity index (χ1n) is 9.62. The van der Waals surface area contributed by atoms with Gasteiger partial charge in [0.2, 0.25) is 0 Å². The molecule has 0 amide bonds.